The Hall–Kier alpha value is -1.94. The van der Waals surface area contributed by atoms with Crippen molar-refractivity contribution in [3.8, 4) is 5.75 Å². The number of alkyl halides is 2. The first-order valence-corrected chi connectivity index (χ1v) is 11.1. The molecule has 1 atom stereocenters. The largest absolute Gasteiger partial charge is 0.435 e. The van der Waals surface area contributed by atoms with Crippen LogP contribution in [-0.4, -0.2) is 57.7 Å². The summed E-state index contributed by atoms with van der Waals surface area (Å²) < 4.78 is 51.7. The predicted octanol–water partition coefficient (Wildman–Crippen LogP) is 1.70. The lowest BCUT2D eigenvalue weighted by Gasteiger charge is -2.17. The van der Waals surface area contributed by atoms with Crippen LogP contribution in [0, 0.1) is 5.41 Å². The van der Waals surface area contributed by atoms with Gasteiger partial charge >= 0.3 is 6.61 Å². The van der Waals surface area contributed by atoms with Crippen LogP contribution in [0.3, 0.4) is 0 Å². The molecule has 3 N–H and O–H groups in total. The van der Waals surface area contributed by atoms with Gasteiger partial charge in [-0.05, 0) is 37.5 Å². The number of nitrogens with zero attached hydrogens (tertiary/aromatic N) is 1. The van der Waals surface area contributed by atoms with Crippen LogP contribution in [0.25, 0.3) is 0 Å². The zero-order valence-electron chi connectivity index (χ0n) is 16.0. The number of nitrogens with one attached hydrogen (secondary N) is 2. The molecule has 1 aromatic carbocycles. The molecule has 0 saturated heterocycles. The van der Waals surface area contributed by atoms with Gasteiger partial charge in [-0.2, -0.15) is 8.78 Å². The van der Waals surface area contributed by atoms with Gasteiger partial charge in [0, 0.05) is 31.3 Å². The lowest BCUT2D eigenvalue weighted by molar-refractivity contribution is -0.0498. The van der Waals surface area contributed by atoms with Crippen LogP contribution in [0.1, 0.15) is 31.4 Å². The van der Waals surface area contributed by atoms with Crippen molar-refractivity contribution in [3.05, 3.63) is 29.8 Å². The van der Waals surface area contributed by atoms with E-state index in [0.717, 1.165) is 12.8 Å². The second-order valence-corrected chi connectivity index (χ2v) is 9.25. The minimum Gasteiger partial charge on any atom is -0.435 e. The normalized spacial score (nSPS) is 17.3. The summed E-state index contributed by atoms with van der Waals surface area (Å²) in [6.07, 6.45) is 2.02. The van der Waals surface area contributed by atoms with E-state index in [-0.39, 0.29) is 23.5 Å². The van der Waals surface area contributed by atoms with Crippen molar-refractivity contribution >= 4 is 15.8 Å². The molecule has 1 fully saturated rings. The number of ether oxygens (including phenoxy) is 1. The van der Waals surface area contributed by atoms with Gasteiger partial charge in [0.25, 0.3) is 0 Å². The highest BCUT2D eigenvalue weighted by Crippen LogP contribution is 2.46. The van der Waals surface area contributed by atoms with E-state index in [9.17, 15) is 22.3 Å². The Balaban J connectivity index is 1.91. The van der Waals surface area contributed by atoms with Crippen LogP contribution < -0.4 is 15.4 Å². The molecule has 2 rings (SSSR count). The zero-order valence-corrected chi connectivity index (χ0v) is 16.8. The van der Waals surface area contributed by atoms with Gasteiger partial charge in [0.15, 0.2) is 5.96 Å². The molecule has 1 saturated carbocycles. The van der Waals surface area contributed by atoms with E-state index in [1.165, 1.54) is 30.5 Å². The maximum atomic E-state index is 12.2. The van der Waals surface area contributed by atoms with E-state index >= 15 is 0 Å². The van der Waals surface area contributed by atoms with Crippen molar-refractivity contribution in [3.63, 3.8) is 0 Å². The number of benzene rings is 1. The van der Waals surface area contributed by atoms with E-state index in [0.29, 0.717) is 24.6 Å². The van der Waals surface area contributed by atoms with Crippen molar-refractivity contribution in [2.75, 3.05) is 31.6 Å². The number of sulfone groups is 1. The monoisotopic (exact) mass is 419 g/mol. The molecule has 1 aromatic rings. The molecule has 0 amide bonds. The summed E-state index contributed by atoms with van der Waals surface area (Å²) >= 11 is 0. The molecule has 1 aliphatic rings. The Labute approximate surface area is 164 Å². The first-order valence-electron chi connectivity index (χ1n) is 9.05. The second-order valence-electron chi connectivity index (χ2n) is 7.11. The first-order chi connectivity index (χ1) is 13.1. The van der Waals surface area contributed by atoms with Crippen molar-refractivity contribution in [1.82, 2.24) is 10.6 Å². The molecule has 0 aromatic heterocycles. The van der Waals surface area contributed by atoms with Gasteiger partial charge in [-0.15, -0.1) is 0 Å². The molecule has 7 nitrogen and oxygen atoms in total. The summed E-state index contributed by atoms with van der Waals surface area (Å²) in [5.74, 6) is 0.631. The summed E-state index contributed by atoms with van der Waals surface area (Å²) in [6.45, 7) is 0.165. The van der Waals surface area contributed by atoms with Crippen LogP contribution in [-0.2, 0) is 9.84 Å². The topological polar surface area (TPSA) is 100 Å². The molecule has 0 radical (unpaired) electrons. The lowest BCUT2D eigenvalue weighted by atomic mass is 10.1. The van der Waals surface area contributed by atoms with Gasteiger partial charge in [-0.3, -0.25) is 4.99 Å². The summed E-state index contributed by atoms with van der Waals surface area (Å²) in [5.41, 5.74) is 0.260. The van der Waals surface area contributed by atoms with Crippen LogP contribution in [0.2, 0.25) is 0 Å². The van der Waals surface area contributed by atoms with Gasteiger partial charge in [-0.1, -0.05) is 12.1 Å². The van der Waals surface area contributed by atoms with E-state index in [4.69, 9.17) is 0 Å². The lowest BCUT2D eigenvalue weighted by Crippen LogP contribution is -2.40. The molecule has 0 heterocycles. The number of hydrogen-bond acceptors (Lipinski definition) is 5. The SMILES string of the molecule is CCNC(=NCC1(CS(C)(=O)=O)CC1)NCC(O)c1ccc(OC(F)F)cc1. The highest BCUT2D eigenvalue weighted by Gasteiger charge is 2.45. The maximum absolute atomic E-state index is 12.2. The third-order valence-electron chi connectivity index (χ3n) is 4.40. The predicted molar refractivity (Wildman–Crippen MR) is 103 cm³/mol. The summed E-state index contributed by atoms with van der Waals surface area (Å²) in [7, 11) is -3.06. The minimum absolute atomic E-state index is 0.0226. The van der Waals surface area contributed by atoms with Crippen LogP contribution in [0.15, 0.2) is 29.3 Å². The van der Waals surface area contributed by atoms with Crippen molar-refractivity contribution in [2.45, 2.75) is 32.5 Å². The zero-order chi connectivity index (χ0) is 20.8. The van der Waals surface area contributed by atoms with Crippen LogP contribution >= 0.6 is 0 Å². The molecule has 1 aliphatic carbocycles. The number of aliphatic hydroxyl groups is 1. The van der Waals surface area contributed by atoms with Crippen LogP contribution in [0.4, 0.5) is 8.78 Å². The Morgan fingerprint density at radius 3 is 2.43 bits per heavy atom. The van der Waals surface area contributed by atoms with E-state index in [1.54, 1.807) is 0 Å². The third kappa shape index (κ3) is 7.59. The average molecular weight is 419 g/mol. The highest BCUT2D eigenvalue weighted by molar-refractivity contribution is 7.90. The molecule has 28 heavy (non-hydrogen) atoms. The molecule has 1 unspecified atom stereocenters. The number of rotatable bonds is 10. The summed E-state index contributed by atoms with van der Waals surface area (Å²) in [4.78, 5) is 4.46. The molecule has 10 heteroatoms. The van der Waals surface area contributed by atoms with E-state index < -0.39 is 22.6 Å². The number of aliphatic imine (C=N–C) groups is 1. The van der Waals surface area contributed by atoms with Crippen molar-refractivity contribution in [1.29, 1.82) is 0 Å². The van der Waals surface area contributed by atoms with Gasteiger partial charge in [0.1, 0.15) is 15.6 Å². The van der Waals surface area contributed by atoms with Crippen LogP contribution in [0.5, 0.6) is 5.75 Å². The smallest absolute Gasteiger partial charge is 0.387 e. The number of halogens is 2. The molecule has 158 valence electrons. The number of aliphatic hydroxyl groups excluding tert-OH is 1. The molecule has 0 bridgehead atoms. The summed E-state index contributed by atoms with van der Waals surface area (Å²) in [6, 6.07) is 5.76. The number of guanidine groups is 1. The Bertz CT molecular complexity index is 766. The molecule has 0 aliphatic heterocycles. The third-order valence-corrected chi connectivity index (χ3v) is 5.53. The molecular formula is C18H27F2N3O4S. The van der Waals surface area contributed by atoms with E-state index in [1.807, 2.05) is 6.92 Å². The fourth-order valence-electron chi connectivity index (χ4n) is 2.85. The fourth-order valence-corrected chi connectivity index (χ4v) is 4.34. The van der Waals surface area contributed by atoms with Gasteiger partial charge < -0.3 is 20.5 Å². The van der Waals surface area contributed by atoms with Gasteiger partial charge in [0.05, 0.1) is 11.9 Å². The standard InChI is InChI=1S/C18H27F2N3O4S/c1-3-21-17(23-11-18(8-9-18)12-28(2,25)26)22-10-15(24)13-4-6-14(7-5-13)27-16(19)20/h4-7,15-16,24H,3,8-12H2,1-2H3,(H2,21,22,23). The number of hydrogen-bond donors (Lipinski definition) is 3. The Morgan fingerprint density at radius 2 is 1.93 bits per heavy atom. The van der Waals surface area contributed by atoms with Gasteiger partial charge in [-0.25, -0.2) is 8.42 Å². The first kappa shape index (κ1) is 22.4. The van der Waals surface area contributed by atoms with Gasteiger partial charge in [0.2, 0.25) is 0 Å². The summed E-state index contributed by atoms with van der Waals surface area (Å²) in [5, 5.41) is 16.4. The van der Waals surface area contributed by atoms with Crippen molar-refractivity contribution in [2.24, 2.45) is 10.4 Å². The van der Waals surface area contributed by atoms with Crippen molar-refractivity contribution < 1.29 is 27.0 Å². The highest BCUT2D eigenvalue weighted by atomic mass is 32.2. The molecular weight excluding hydrogens is 392 g/mol. The average Bonchev–Trinajstić information content (AvgIpc) is 3.35. The maximum Gasteiger partial charge on any atom is 0.387 e. The van der Waals surface area contributed by atoms with E-state index in [2.05, 4.69) is 20.4 Å². The quantitative estimate of drug-likeness (QED) is 0.394. The minimum atomic E-state index is -3.06. The fraction of sp³-hybridized carbons (Fsp3) is 0.611. The Kier molecular flexibility index (Phi) is 7.59. The second kappa shape index (κ2) is 9.51. The Morgan fingerprint density at radius 1 is 1.29 bits per heavy atom. The molecule has 0 spiro atoms.